The van der Waals surface area contributed by atoms with Crippen molar-refractivity contribution in [2.24, 2.45) is 0 Å². The fourth-order valence-corrected chi connectivity index (χ4v) is 1.82. The van der Waals surface area contributed by atoms with Crippen LogP contribution in [0.25, 0.3) is 0 Å². The first-order valence-electron chi connectivity index (χ1n) is 5.89. The summed E-state index contributed by atoms with van der Waals surface area (Å²) < 4.78 is 27.5. The van der Waals surface area contributed by atoms with Gasteiger partial charge >= 0.3 is 5.97 Å². The number of benzene rings is 1. The van der Waals surface area contributed by atoms with Gasteiger partial charge in [-0.2, -0.15) is 0 Å². The molecule has 2 rings (SSSR count). The Morgan fingerprint density at radius 2 is 2.00 bits per heavy atom. The Kier molecular flexibility index (Phi) is 3.93. The van der Waals surface area contributed by atoms with Crippen LogP contribution >= 0.6 is 0 Å². The summed E-state index contributed by atoms with van der Waals surface area (Å²) in [6.07, 6.45) is 1.18. The highest BCUT2D eigenvalue weighted by atomic mass is 19.1. The van der Waals surface area contributed by atoms with Gasteiger partial charge in [-0.3, -0.25) is 0 Å². The Morgan fingerprint density at radius 1 is 1.30 bits per heavy atom. The van der Waals surface area contributed by atoms with Crippen LogP contribution in [0.4, 0.5) is 14.6 Å². The number of carboxylic acids is 1. The van der Waals surface area contributed by atoms with E-state index in [1.807, 2.05) is 0 Å². The Hall–Kier alpha value is -2.50. The molecule has 6 heteroatoms. The van der Waals surface area contributed by atoms with E-state index in [0.29, 0.717) is 5.56 Å². The van der Waals surface area contributed by atoms with Crippen molar-refractivity contribution in [1.82, 2.24) is 4.98 Å². The molecule has 1 heterocycles. The number of carboxylic acid groups (broad SMARTS) is 1. The van der Waals surface area contributed by atoms with Gasteiger partial charge < -0.3 is 10.4 Å². The number of aromatic carboxylic acids is 1. The summed E-state index contributed by atoms with van der Waals surface area (Å²) in [4.78, 5) is 14.6. The number of nitrogens with one attached hydrogen (secondary N) is 1. The van der Waals surface area contributed by atoms with Gasteiger partial charge in [-0.1, -0.05) is 18.2 Å². The van der Waals surface area contributed by atoms with Crippen LogP contribution < -0.4 is 5.32 Å². The summed E-state index contributed by atoms with van der Waals surface area (Å²) in [7, 11) is 0. The standard InChI is InChI=1S/C14H12F2N2O2/c1-8(9-4-2-3-5-11(9)15)18-13-12(16)10(14(19)20)6-7-17-13/h2-8H,1H3,(H,17,18)(H,19,20). The Morgan fingerprint density at radius 3 is 2.65 bits per heavy atom. The van der Waals surface area contributed by atoms with Gasteiger partial charge in [0, 0.05) is 11.8 Å². The molecule has 0 aliphatic rings. The van der Waals surface area contributed by atoms with E-state index in [1.54, 1.807) is 25.1 Å². The molecule has 0 spiro atoms. The number of rotatable bonds is 4. The second kappa shape index (κ2) is 5.64. The first-order valence-corrected chi connectivity index (χ1v) is 5.89. The molecule has 0 aliphatic carbocycles. The van der Waals surface area contributed by atoms with E-state index in [0.717, 1.165) is 6.07 Å². The van der Waals surface area contributed by atoms with Crippen molar-refractivity contribution in [1.29, 1.82) is 0 Å². The zero-order chi connectivity index (χ0) is 14.7. The van der Waals surface area contributed by atoms with Crippen LogP contribution in [0, 0.1) is 11.6 Å². The van der Waals surface area contributed by atoms with Crippen LogP contribution in [-0.2, 0) is 0 Å². The average Bonchev–Trinajstić information content (AvgIpc) is 2.41. The van der Waals surface area contributed by atoms with Crippen molar-refractivity contribution in [2.75, 3.05) is 5.32 Å². The highest BCUT2D eigenvalue weighted by molar-refractivity contribution is 5.88. The molecule has 1 aromatic heterocycles. The molecular formula is C14H12F2N2O2. The number of nitrogens with zero attached hydrogens (tertiary/aromatic N) is 1. The lowest BCUT2D eigenvalue weighted by molar-refractivity contribution is 0.0692. The maximum absolute atomic E-state index is 13.9. The second-order valence-electron chi connectivity index (χ2n) is 4.21. The number of hydrogen-bond donors (Lipinski definition) is 2. The van der Waals surface area contributed by atoms with E-state index in [1.165, 1.54) is 12.3 Å². The van der Waals surface area contributed by atoms with E-state index in [9.17, 15) is 13.6 Å². The summed E-state index contributed by atoms with van der Waals surface area (Å²) >= 11 is 0. The minimum Gasteiger partial charge on any atom is -0.478 e. The molecule has 0 radical (unpaired) electrons. The SMILES string of the molecule is CC(Nc1nccc(C(=O)O)c1F)c1ccccc1F. The second-order valence-corrected chi connectivity index (χ2v) is 4.21. The van der Waals surface area contributed by atoms with Gasteiger partial charge in [-0.15, -0.1) is 0 Å². The largest absolute Gasteiger partial charge is 0.478 e. The molecule has 104 valence electrons. The van der Waals surface area contributed by atoms with E-state index < -0.39 is 29.2 Å². The zero-order valence-electron chi connectivity index (χ0n) is 10.6. The molecule has 0 saturated carbocycles. The molecule has 1 unspecified atom stereocenters. The predicted octanol–water partition coefficient (Wildman–Crippen LogP) is 3.23. The lowest BCUT2D eigenvalue weighted by Gasteiger charge is -2.16. The molecule has 0 saturated heterocycles. The van der Waals surface area contributed by atoms with Crippen molar-refractivity contribution in [3.8, 4) is 0 Å². The number of hydrogen-bond acceptors (Lipinski definition) is 3. The average molecular weight is 278 g/mol. The van der Waals surface area contributed by atoms with Crippen molar-refractivity contribution in [3.63, 3.8) is 0 Å². The summed E-state index contributed by atoms with van der Waals surface area (Å²) in [6, 6.07) is 6.58. The van der Waals surface area contributed by atoms with Crippen molar-refractivity contribution < 1.29 is 18.7 Å². The highest BCUT2D eigenvalue weighted by Gasteiger charge is 2.18. The molecule has 0 bridgehead atoms. The van der Waals surface area contributed by atoms with Gasteiger partial charge in [0.15, 0.2) is 11.6 Å². The summed E-state index contributed by atoms with van der Waals surface area (Å²) in [5, 5.41) is 11.5. The third kappa shape index (κ3) is 2.74. The lowest BCUT2D eigenvalue weighted by atomic mass is 10.1. The number of aromatic nitrogens is 1. The van der Waals surface area contributed by atoms with Crippen LogP contribution in [0.1, 0.15) is 28.9 Å². The fourth-order valence-electron chi connectivity index (χ4n) is 1.82. The summed E-state index contributed by atoms with van der Waals surface area (Å²) in [5.74, 6) is -3.00. The van der Waals surface area contributed by atoms with Crippen LogP contribution in [0.2, 0.25) is 0 Å². The predicted molar refractivity (Wildman–Crippen MR) is 69.6 cm³/mol. The molecule has 2 N–H and O–H groups in total. The van der Waals surface area contributed by atoms with Gasteiger partial charge in [-0.25, -0.2) is 18.6 Å². The van der Waals surface area contributed by atoms with E-state index >= 15 is 0 Å². The van der Waals surface area contributed by atoms with Crippen LogP contribution in [0.5, 0.6) is 0 Å². The Labute approximate surface area is 114 Å². The monoisotopic (exact) mass is 278 g/mol. The topological polar surface area (TPSA) is 62.2 Å². The van der Waals surface area contributed by atoms with Crippen molar-refractivity contribution >= 4 is 11.8 Å². The zero-order valence-corrected chi connectivity index (χ0v) is 10.6. The van der Waals surface area contributed by atoms with Gasteiger partial charge in [0.05, 0.1) is 6.04 Å². The van der Waals surface area contributed by atoms with Gasteiger partial charge in [0.1, 0.15) is 11.4 Å². The summed E-state index contributed by atoms with van der Waals surface area (Å²) in [5.41, 5.74) is -0.141. The maximum Gasteiger partial charge on any atom is 0.338 e. The number of anilines is 1. The molecule has 2 aromatic rings. The van der Waals surface area contributed by atoms with E-state index in [-0.39, 0.29) is 5.82 Å². The first kappa shape index (κ1) is 13.9. The molecular weight excluding hydrogens is 266 g/mol. The van der Waals surface area contributed by atoms with Crippen LogP contribution in [0.15, 0.2) is 36.5 Å². The number of carbonyl (C=O) groups is 1. The highest BCUT2D eigenvalue weighted by Crippen LogP contribution is 2.23. The smallest absolute Gasteiger partial charge is 0.338 e. The fraction of sp³-hybridized carbons (Fsp3) is 0.143. The van der Waals surface area contributed by atoms with Gasteiger partial charge in [0.2, 0.25) is 0 Å². The van der Waals surface area contributed by atoms with Crippen molar-refractivity contribution in [3.05, 3.63) is 59.3 Å². The molecule has 20 heavy (non-hydrogen) atoms. The molecule has 1 atom stereocenters. The number of pyridine rings is 1. The summed E-state index contributed by atoms with van der Waals surface area (Å²) in [6.45, 7) is 1.63. The molecule has 4 nitrogen and oxygen atoms in total. The first-order chi connectivity index (χ1) is 9.50. The third-order valence-corrected chi connectivity index (χ3v) is 2.84. The number of halogens is 2. The van der Waals surface area contributed by atoms with Crippen molar-refractivity contribution in [2.45, 2.75) is 13.0 Å². The minimum atomic E-state index is -1.38. The molecule has 0 aliphatic heterocycles. The molecule has 1 aromatic carbocycles. The molecule has 0 fully saturated rings. The van der Waals surface area contributed by atoms with Crippen LogP contribution in [-0.4, -0.2) is 16.1 Å². The Balaban J connectivity index is 2.29. The normalized spacial score (nSPS) is 11.9. The Bertz CT molecular complexity index is 647. The van der Waals surface area contributed by atoms with Gasteiger partial charge in [0.25, 0.3) is 0 Å². The van der Waals surface area contributed by atoms with Gasteiger partial charge in [-0.05, 0) is 19.1 Å². The van der Waals surface area contributed by atoms with E-state index in [2.05, 4.69) is 10.3 Å². The van der Waals surface area contributed by atoms with E-state index in [4.69, 9.17) is 5.11 Å². The minimum absolute atomic E-state index is 0.222. The lowest BCUT2D eigenvalue weighted by Crippen LogP contribution is -2.13. The quantitative estimate of drug-likeness (QED) is 0.901. The molecule has 0 amide bonds. The van der Waals surface area contributed by atoms with Crippen LogP contribution in [0.3, 0.4) is 0 Å². The maximum atomic E-state index is 13.9. The third-order valence-electron chi connectivity index (χ3n) is 2.84.